The van der Waals surface area contributed by atoms with E-state index in [1.165, 1.54) is 24.4 Å². The first-order valence-electron chi connectivity index (χ1n) is 6.38. The van der Waals surface area contributed by atoms with Crippen molar-refractivity contribution >= 4 is 12.1 Å². The van der Waals surface area contributed by atoms with Crippen molar-refractivity contribution in [2.45, 2.75) is 0 Å². The maximum Gasteiger partial charge on any atom is 0.277 e. The molecule has 1 amide bonds. The number of carbonyl (C=O) groups is 1. The second-order valence-corrected chi connectivity index (χ2v) is 4.25. The molecule has 0 aliphatic heterocycles. The van der Waals surface area contributed by atoms with Crippen LogP contribution >= 0.6 is 0 Å². The molecule has 1 N–H and O–H groups in total. The molecule has 5 nitrogen and oxygen atoms in total. The number of nitriles is 1. The number of benzene rings is 2. The number of halogens is 1. The van der Waals surface area contributed by atoms with E-state index in [1.807, 2.05) is 6.07 Å². The lowest BCUT2D eigenvalue weighted by atomic mass is 10.2. The van der Waals surface area contributed by atoms with Crippen LogP contribution in [-0.2, 0) is 4.79 Å². The molecule has 0 aliphatic carbocycles. The number of carbonyl (C=O) groups excluding carboxylic acids is 1. The number of nitrogens with zero attached hydrogens (tertiary/aromatic N) is 2. The van der Waals surface area contributed by atoms with Gasteiger partial charge < -0.3 is 4.74 Å². The summed E-state index contributed by atoms with van der Waals surface area (Å²) in [6.45, 7) is -0.342. The highest BCUT2D eigenvalue weighted by atomic mass is 19.1. The monoisotopic (exact) mass is 297 g/mol. The minimum Gasteiger partial charge on any atom is -0.481 e. The highest BCUT2D eigenvalue weighted by Gasteiger charge is 2.05. The summed E-state index contributed by atoms with van der Waals surface area (Å²) in [6, 6.07) is 14.5. The van der Waals surface area contributed by atoms with Crippen LogP contribution in [-0.4, -0.2) is 18.7 Å². The minimum absolute atomic E-state index is 0.00808. The average molecular weight is 297 g/mol. The van der Waals surface area contributed by atoms with Crippen LogP contribution in [0.4, 0.5) is 4.39 Å². The Kier molecular flexibility index (Phi) is 5.21. The van der Waals surface area contributed by atoms with Gasteiger partial charge in [-0.05, 0) is 29.8 Å². The Hall–Kier alpha value is -3.20. The van der Waals surface area contributed by atoms with Crippen molar-refractivity contribution in [1.29, 1.82) is 5.26 Å². The van der Waals surface area contributed by atoms with Crippen molar-refractivity contribution in [2.24, 2.45) is 5.10 Å². The second kappa shape index (κ2) is 7.55. The van der Waals surface area contributed by atoms with Crippen LogP contribution in [0.3, 0.4) is 0 Å². The van der Waals surface area contributed by atoms with Crippen molar-refractivity contribution in [3.05, 3.63) is 65.5 Å². The molecule has 2 aromatic rings. The van der Waals surface area contributed by atoms with E-state index in [0.29, 0.717) is 5.56 Å². The molecule has 0 radical (unpaired) electrons. The molecule has 2 rings (SSSR count). The quantitative estimate of drug-likeness (QED) is 0.679. The van der Waals surface area contributed by atoms with E-state index in [1.54, 1.807) is 30.3 Å². The molecule has 6 heteroatoms. The highest BCUT2D eigenvalue weighted by Crippen LogP contribution is 2.14. The summed E-state index contributed by atoms with van der Waals surface area (Å²) in [7, 11) is 0. The van der Waals surface area contributed by atoms with Gasteiger partial charge in [0.05, 0.1) is 17.8 Å². The van der Waals surface area contributed by atoms with Gasteiger partial charge in [-0.15, -0.1) is 0 Å². The van der Waals surface area contributed by atoms with Crippen LogP contribution in [0.2, 0.25) is 0 Å². The molecule has 0 heterocycles. The molecule has 2 aromatic carbocycles. The summed E-state index contributed by atoms with van der Waals surface area (Å²) < 4.78 is 18.3. The molecule has 0 aromatic heterocycles. The number of hydrogen-bond donors (Lipinski definition) is 1. The third-order valence-corrected chi connectivity index (χ3v) is 2.64. The third kappa shape index (κ3) is 4.42. The Labute approximate surface area is 126 Å². The van der Waals surface area contributed by atoms with Gasteiger partial charge in [0, 0.05) is 0 Å². The summed E-state index contributed by atoms with van der Waals surface area (Å²) in [6.07, 6.45) is 1.43. The number of rotatable bonds is 5. The number of amides is 1. The predicted molar refractivity (Wildman–Crippen MR) is 78.8 cm³/mol. The first kappa shape index (κ1) is 15.2. The lowest BCUT2D eigenvalue weighted by Crippen LogP contribution is -2.24. The van der Waals surface area contributed by atoms with Crippen LogP contribution in [0.15, 0.2) is 53.6 Å². The molecule has 110 valence electrons. The number of hydrazone groups is 1. The van der Waals surface area contributed by atoms with Gasteiger partial charge in [0.25, 0.3) is 5.91 Å². The predicted octanol–water partition coefficient (Wildman–Crippen LogP) is 2.23. The zero-order valence-electron chi connectivity index (χ0n) is 11.5. The van der Waals surface area contributed by atoms with E-state index in [2.05, 4.69) is 10.5 Å². The van der Waals surface area contributed by atoms with Crippen LogP contribution in [0.25, 0.3) is 0 Å². The van der Waals surface area contributed by atoms with E-state index in [9.17, 15) is 9.18 Å². The van der Waals surface area contributed by atoms with Gasteiger partial charge in [0.15, 0.2) is 18.2 Å². The van der Waals surface area contributed by atoms with Gasteiger partial charge in [-0.1, -0.05) is 24.3 Å². The molecule has 0 bridgehead atoms. The van der Waals surface area contributed by atoms with Gasteiger partial charge in [0.1, 0.15) is 0 Å². The SMILES string of the molecule is N#Cc1ccc(/C=N/NC(=O)COc2ccccc2F)cc1. The minimum atomic E-state index is -0.531. The lowest BCUT2D eigenvalue weighted by molar-refractivity contribution is -0.123. The van der Waals surface area contributed by atoms with E-state index in [0.717, 1.165) is 5.56 Å². The maximum atomic E-state index is 13.3. The van der Waals surface area contributed by atoms with Gasteiger partial charge in [-0.25, -0.2) is 9.82 Å². The third-order valence-electron chi connectivity index (χ3n) is 2.64. The first-order valence-corrected chi connectivity index (χ1v) is 6.38. The maximum absolute atomic E-state index is 13.3. The van der Waals surface area contributed by atoms with Crippen molar-refractivity contribution < 1.29 is 13.9 Å². The van der Waals surface area contributed by atoms with Crippen molar-refractivity contribution in [2.75, 3.05) is 6.61 Å². The molecule has 0 saturated heterocycles. The van der Waals surface area contributed by atoms with Gasteiger partial charge in [-0.3, -0.25) is 4.79 Å². The average Bonchev–Trinajstić information content (AvgIpc) is 2.55. The van der Waals surface area contributed by atoms with E-state index >= 15 is 0 Å². The summed E-state index contributed by atoms with van der Waals surface area (Å²) in [5, 5.41) is 12.4. The summed E-state index contributed by atoms with van der Waals surface area (Å²) in [5.41, 5.74) is 3.54. The number of hydrogen-bond acceptors (Lipinski definition) is 4. The van der Waals surface area contributed by atoms with Gasteiger partial charge in [-0.2, -0.15) is 10.4 Å². The Balaban J connectivity index is 1.81. The van der Waals surface area contributed by atoms with Crippen LogP contribution in [0.1, 0.15) is 11.1 Å². The molecule has 22 heavy (non-hydrogen) atoms. The van der Waals surface area contributed by atoms with Crippen molar-refractivity contribution in [3.63, 3.8) is 0 Å². The van der Waals surface area contributed by atoms with E-state index in [4.69, 9.17) is 10.00 Å². The normalized spacial score (nSPS) is 10.2. The first-order chi connectivity index (χ1) is 10.7. The van der Waals surface area contributed by atoms with Gasteiger partial charge >= 0.3 is 0 Å². The summed E-state index contributed by atoms with van der Waals surface area (Å²) >= 11 is 0. The Morgan fingerprint density at radius 2 is 2.00 bits per heavy atom. The molecule has 0 fully saturated rings. The van der Waals surface area contributed by atoms with Gasteiger partial charge in [0.2, 0.25) is 0 Å². The number of ether oxygens (including phenoxy) is 1. The summed E-state index contributed by atoms with van der Waals surface area (Å²) in [5.74, 6) is -1.03. The largest absolute Gasteiger partial charge is 0.481 e. The topological polar surface area (TPSA) is 74.5 Å². The standard InChI is InChI=1S/C16H12FN3O2/c17-14-3-1-2-4-15(14)22-11-16(21)20-19-10-13-7-5-12(9-18)6-8-13/h1-8,10H,11H2,(H,20,21)/b19-10+. The zero-order valence-corrected chi connectivity index (χ0v) is 11.5. The molecule has 0 atom stereocenters. The van der Waals surface area contributed by atoms with Crippen molar-refractivity contribution in [3.8, 4) is 11.8 Å². The number of nitrogens with one attached hydrogen (secondary N) is 1. The lowest BCUT2D eigenvalue weighted by Gasteiger charge is -2.05. The Morgan fingerprint density at radius 3 is 2.68 bits per heavy atom. The molecule has 0 unspecified atom stereocenters. The fourth-order valence-electron chi connectivity index (χ4n) is 1.56. The Bertz CT molecular complexity index is 721. The Morgan fingerprint density at radius 1 is 1.27 bits per heavy atom. The molecular weight excluding hydrogens is 285 g/mol. The molecule has 0 aliphatic rings. The summed E-state index contributed by atoms with van der Waals surface area (Å²) in [4.78, 5) is 11.5. The fraction of sp³-hybridized carbons (Fsp3) is 0.0625. The van der Waals surface area contributed by atoms with Crippen LogP contribution in [0, 0.1) is 17.1 Å². The zero-order chi connectivity index (χ0) is 15.8. The molecular formula is C16H12FN3O2. The van der Waals surface area contributed by atoms with E-state index < -0.39 is 11.7 Å². The molecule has 0 saturated carbocycles. The molecule has 0 spiro atoms. The van der Waals surface area contributed by atoms with Crippen LogP contribution in [0.5, 0.6) is 5.75 Å². The van der Waals surface area contributed by atoms with Crippen LogP contribution < -0.4 is 10.2 Å². The highest BCUT2D eigenvalue weighted by molar-refractivity contribution is 5.83. The van der Waals surface area contributed by atoms with E-state index in [-0.39, 0.29) is 12.4 Å². The smallest absolute Gasteiger partial charge is 0.277 e. The van der Waals surface area contributed by atoms with Crippen molar-refractivity contribution in [1.82, 2.24) is 5.43 Å². The second-order valence-electron chi connectivity index (χ2n) is 4.25. The number of para-hydroxylation sites is 1. The fourth-order valence-corrected chi connectivity index (χ4v) is 1.56.